The second-order valence-corrected chi connectivity index (χ2v) is 29.9. The molecular weight excluding hydrogens is 1530 g/mol. The van der Waals surface area contributed by atoms with Gasteiger partial charge in [-0.05, 0) is 127 Å². The Morgan fingerprint density at radius 3 is 0.699 bits per heavy atom. The number of aryl methyl sites for hydroxylation is 1. The molecule has 0 bridgehead atoms. The average molecular weight is 1590 g/mol. The van der Waals surface area contributed by atoms with Gasteiger partial charge in [-0.3, -0.25) is 0 Å². The Morgan fingerprint density at radius 2 is 0.455 bits per heavy atom. The van der Waals surface area contributed by atoms with Gasteiger partial charge in [-0.25, -0.2) is 59.8 Å². The van der Waals surface area contributed by atoms with Crippen molar-refractivity contribution in [3.05, 3.63) is 387 Å². The first-order chi connectivity index (χ1) is 60.4. The fraction of sp³-hybridized carbons (Fsp3) is 0.0190. The number of fused-ring (bicyclic) bond motifs is 6. The molecule has 18 heteroatoms. The number of halogens is 3. The molecule has 0 aliphatic rings. The Labute approximate surface area is 703 Å². The highest BCUT2D eigenvalue weighted by atomic mass is 19.4. The van der Waals surface area contributed by atoms with Crippen LogP contribution in [0.4, 0.5) is 13.2 Å². The number of alkyl halides is 3. The van der Waals surface area contributed by atoms with Crippen LogP contribution in [0, 0.1) is 18.3 Å². The van der Waals surface area contributed by atoms with Crippen LogP contribution in [0.15, 0.2) is 370 Å². The van der Waals surface area contributed by atoms with Crippen molar-refractivity contribution in [2.24, 2.45) is 0 Å². The lowest BCUT2D eigenvalue weighted by atomic mass is 9.93. The third-order valence-corrected chi connectivity index (χ3v) is 22.1. The minimum Gasteiger partial charge on any atom is -0.309 e. The van der Waals surface area contributed by atoms with Crippen molar-refractivity contribution in [2.45, 2.75) is 13.1 Å². The number of benzene rings is 15. The van der Waals surface area contributed by atoms with E-state index in [1.165, 1.54) is 6.07 Å². The van der Waals surface area contributed by atoms with Crippen molar-refractivity contribution in [3.8, 4) is 176 Å². The highest BCUT2D eigenvalue weighted by molar-refractivity contribution is 6.14. The molecule has 580 valence electrons. The average Bonchev–Trinajstić information content (AvgIpc) is 1.58. The molecule has 0 atom stereocenters. The van der Waals surface area contributed by atoms with Gasteiger partial charge < -0.3 is 9.13 Å². The molecule has 0 fully saturated rings. The van der Waals surface area contributed by atoms with Crippen molar-refractivity contribution in [1.29, 1.82) is 5.26 Å². The molecule has 0 unspecified atom stereocenters. The van der Waals surface area contributed by atoms with Crippen LogP contribution in [0.1, 0.15) is 16.7 Å². The lowest BCUT2D eigenvalue weighted by Crippen LogP contribution is -2.05. The lowest BCUT2D eigenvalue weighted by molar-refractivity contribution is -0.137. The standard InChI is InChI=1S/C105H64F3N15/c1-64-56-79(105(106,107)108)48-51-80(64)74-43-50-82(92(62-74)123-89-54-46-77(103-118-97(70-34-18-6-19-35-70)112-98(119-103)71-36-20-7-21-37-71)60-85(89)86-61-78(47-55-90(86)123)104-120-99(72-38-22-8-23-39-72)113-100(121-104)73-40-24-9-25-41-73)81-49-42-65(63-109)57-91(81)122-87-52-44-75(101-114-93(66-26-10-2-11-27-66)110-94(115-101)67-28-12-3-13-29-67)58-83(87)84-59-76(45-53-88(84)122)102-116-95(68-30-14-4-15-31-68)111-96(117-102)69-32-16-5-17-33-69/h2-62H,1H3. The molecule has 15 aromatic carbocycles. The van der Waals surface area contributed by atoms with E-state index in [0.717, 1.165) is 94.2 Å². The zero-order chi connectivity index (χ0) is 82.7. The van der Waals surface area contributed by atoms with E-state index in [1.54, 1.807) is 13.0 Å². The Bertz CT molecular complexity index is 7130. The maximum atomic E-state index is 14.8. The van der Waals surface area contributed by atoms with Crippen molar-refractivity contribution in [3.63, 3.8) is 0 Å². The monoisotopic (exact) mass is 1590 g/mol. The molecule has 0 radical (unpaired) electrons. The number of rotatable bonds is 16. The Balaban J connectivity index is 0.830. The van der Waals surface area contributed by atoms with Gasteiger partial charge in [-0.15, -0.1) is 0 Å². The second-order valence-electron chi connectivity index (χ2n) is 29.9. The van der Waals surface area contributed by atoms with Gasteiger partial charge in [-0.1, -0.05) is 267 Å². The molecule has 0 saturated carbocycles. The highest BCUT2D eigenvalue weighted by Crippen LogP contribution is 2.47. The minimum atomic E-state index is -4.60. The van der Waals surface area contributed by atoms with Crippen molar-refractivity contribution in [2.75, 3.05) is 0 Å². The van der Waals surface area contributed by atoms with E-state index in [-0.39, 0.29) is 0 Å². The van der Waals surface area contributed by atoms with E-state index in [0.29, 0.717) is 137 Å². The summed E-state index contributed by atoms with van der Waals surface area (Å²) in [4.78, 5) is 62.2. The van der Waals surface area contributed by atoms with Crippen LogP contribution in [0.5, 0.6) is 0 Å². The maximum absolute atomic E-state index is 14.8. The zero-order valence-electron chi connectivity index (χ0n) is 65.6. The molecule has 6 heterocycles. The van der Waals surface area contributed by atoms with E-state index in [9.17, 15) is 18.4 Å². The summed E-state index contributed by atoms with van der Waals surface area (Å²) in [6, 6.07) is 122. The fourth-order valence-electron chi connectivity index (χ4n) is 16.2. The van der Waals surface area contributed by atoms with Gasteiger partial charge >= 0.3 is 6.18 Å². The predicted molar refractivity (Wildman–Crippen MR) is 479 cm³/mol. The summed E-state index contributed by atoms with van der Waals surface area (Å²) < 4.78 is 48.7. The topological polar surface area (TPSA) is 188 Å². The predicted octanol–water partition coefficient (Wildman–Crippen LogP) is 25.2. The van der Waals surface area contributed by atoms with Gasteiger partial charge in [0.1, 0.15) is 0 Å². The molecule has 0 aliphatic heterocycles. The lowest BCUT2D eigenvalue weighted by Gasteiger charge is -2.21. The molecule has 6 aromatic heterocycles. The van der Waals surface area contributed by atoms with Crippen LogP contribution in [0.25, 0.3) is 214 Å². The minimum absolute atomic E-state index is 0.375. The van der Waals surface area contributed by atoms with Crippen molar-refractivity contribution in [1.82, 2.24) is 68.9 Å². The quantitative estimate of drug-likeness (QED) is 0.0889. The third kappa shape index (κ3) is 14.1. The fourth-order valence-corrected chi connectivity index (χ4v) is 16.2. The van der Waals surface area contributed by atoms with Crippen molar-refractivity contribution < 1.29 is 13.2 Å². The number of aromatic nitrogens is 14. The van der Waals surface area contributed by atoms with E-state index < -0.39 is 11.7 Å². The first kappa shape index (κ1) is 73.8. The summed E-state index contributed by atoms with van der Waals surface area (Å²) in [6.45, 7) is 1.71. The van der Waals surface area contributed by atoms with Crippen LogP contribution in [-0.2, 0) is 6.18 Å². The molecule has 123 heavy (non-hydrogen) atoms. The van der Waals surface area contributed by atoms with Gasteiger partial charge in [-0.2, -0.15) is 18.4 Å². The molecule has 0 spiro atoms. The first-order valence-electron chi connectivity index (χ1n) is 40.0. The first-order valence-corrected chi connectivity index (χ1v) is 40.0. The van der Waals surface area contributed by atoms with Crippen LogP contribution < -0.4 is 0 Å². The molecule has 15 nitrogen and oxygen atoms in total. The molecule has 21 aromatic rings. The van der Waals surface area contributed by atoms with Gasteiger partial charge in [0.05, 0.1) is 50.6 Å². The van der Waals surface area contributed by atoms with E-state index in [4.69, 9.17) is 59.8 Å². The second kappa shape index (κ2) is 30.9. The summed E-state index contributed by atoms with van der Waals surface area (Å²) in [6.07, 6.45) is -4.60. The smallest absolute Gasteiger partial charge is 0.309 e. The van der Waals surface area contributed by atoms with Gasteiger partial charge in [0.2, 0.25) is 0 Å². The summed E-state index contributed by atoms with van der Waals surface area (Å²) in [7, 11) is 0. The Hall–Kier alpha value is -16.8. The summed E-state index contributed by atoms with van der Waals surface area (Å²) in [5, 5.41) is 14.5. The zero-order valence-corrected chi connectivity index (χ0v) is 65.6. The molecule has 0 amide bonds. The number of nitriles is 1. The number of hydrogen-bond donors (Lipinski definition) is 0. The normalized spacial score (nSPS) is 11.6. The van der Waals surface area contributed by atoms with E-state index >= 15 is 0 Å². The molecule has 21 rings (SSSR count). The Kier molecular flexibility index (Phi) is 18.6. The summed E-state index contributed by atoms with van der Waals surface area (Å²) in [5.41, 5.74) is 16.2. The van der Waals surface area contributed by atoms with Gasteiger partial charge in [0.15, 0.2) is 69.9 Å². The molecule has 0 aliphatic carbocycles. The highest BCUT2D eigenvalue weighted by Gasteiger charge is 2.32. The van der Waals surface area contributed by atoms with Crippen molar-refractivity contribution >= 4 is 43.6 Å². The SMILES string of the molecule is Cc1cc(C(F)(F)F)ccc1-c1ccc(-c2ccc(C#N)cc2-n2c3ccc(-c4nc(-c5ccccc5)nc(-c5ccccc5)n4)cc3c3cc(-c4nc(-c5ccccc5)nc(-c5ccccc5)n4)ccc32)c(-n2c3ccc(-c4nc(-c5ccccc5)nc(-c5ccccc5)n4)cc3c3cc(-c4nc(-c5ccccc5)nc(-c5ccccc5)n4)ccc32)c1. The number of hydrogen-bond acceptors (Lipinski definition) is 13. The van der Waals surface area contributed by atoms with Gasteiger partial charge in [0, 0.05) is 99.4 Å². The van der Waals surface area contributed by atoms with Crippen LogP contribution in [-0.4, -0.2) is 68.9 Å². The largest absolute Gasteiger partial charge is 0.416 e. The van der Waals surface area contributed by atoms with E-state index in [1.807, 2.05) is 297 Å². The van der Waals surface area contributed by atoms with Gasteiger partial charge in [0.25, 0.3) is 0 Å². The third-order valence-electron chi connectivity index (χ3n) is 22.1. The maximum Gasteiger partial charge on any atom is 0.416 e. The number of nitrogens with zero attached hydrogens (tertiary/aromatic N) is 15. The molecular formula is C105H64F3N15. The summed E-state index contributed by atoms with van der Waals surface area (Å²) >= 11 is 0. The molecule has 0 N–H and O–H groups in total. The van der Waals surface area contributed by atoms with Crippen LogP contribution in [0.3, 0.4) is 0 Å². The Morgan fingerprint density at radius 1 is 0.228 bits per heavy atom. The van der Waals surface area contributed by atoms with E-state index in [2.05, 4.69) is 69.8 Å². The van der Waals surface area contributed by atoms with Crippen LogP contribution in [0.2, 0.25) is 0 Å². The molecule has 0 saturated heterocycles. The van der Waals surface area contributed by atoms with Crippen LogP contribution >= 0.6 is 0 Å². The summed E-state index contributed by atoms with van der Waals surface area (Å²) in [5.74, 6) is 5.66.